The van der Waals surface area contributed by atoms with Crippen LogP contribution in [0.3, 0.4) is 0 Å². The quantitative estimate of drug-likeness (QED) is 0.586. The molecule has 82 valence electrons. The first kappa shape index (κ1) is 10.9. The van der Waals surface area contributed by atoms with E-state index in [-0.39, 0.29) is 0 Å². The van der Waals surface area contributed by atoms with Gasteiger partial charge in [0.25, 0.3) is 0 Å². The number of ether oxygens (including phenoxy) is 1. The van der Waals surface area contributed by atoms with Crippen LogP contribution in [0.2, 0.25) is 0 Å². The van der Waals surface area contributed by atoms with Crippen molar-refractivity contribution >= 4 is 15.9 Å². The van der Waals surface area contributed by atoms with Gasteiger partial charge in [-0.05, 0) is 41.4 Å². The van der Waals surface area contributed by atoms with Crippen molar-refractivity contribution in [2.75, 3.05) is 26.2 Å². The molecule has 0 bridgehead atoms. The molecule has 0 aromatic carbocycles. The Morgan fingerprint density at radius 2 is 2.20 bits per heavy atom. The number of pyridine rings is 1. The third-order valence-corrected chi connectivity index (χ3v) is 2.83. The highest BCUT2D eigenvalue weighted by atomic mass is 79.9. The first-order valence-electron chi connectivity index (χ1n) is 5.31. The van der Waals surface area contributed by atoms with E-state index >= 15 is 0 Å². The van der Waals surface area contributed by atoms with E-state index < -0.39 is 0 Å². The molecule has 0 unspecified atom stereocenters. The second-order valence-corrected chi connectivity index (χ2v) is 4.63. The Morgan fingerprint density at radius 3 is 2.87 bits per heavy atom. The molecule has 0 atom stereocenters. The lowest BCUT2D eigenvalue weighted by atomic mass is 10.3. The maximum atomic E-state index is 5.51. The third kappa shape index (κ3) is 4.18. The summed E-state index contributed by atoms with van der Waals surface area (Å²) in [5.41, 5.74) is 0. The summed E-state index contributed by atoms with van der Waals surface area (Å²) in [5, 5.41) is 0. The van der Waals surface area contributed by atoms with Crippen LogP contribution in [0.15, 0.2) is 22.8 Å². The number of hydrogen-bond acceptors (Lipinski definition) is 3. The van der Waals surface area contributed by atoms with Gasteiger partial charge in [0.05, 0.1) is 6.61 Å². The molecule has 4 heteroatoms. The molecule has 3 nitrogen and oxygen atoms in total. The van der Waals surface area contributed by atoms with Crippen molar-refractivity contribution < 1.29 is 4.74 Å². The molecule has 1 saturated heterocycles. The molecule has 1 aromatic heterocycles. The average Bonchev–Trinajstić information content (AvgIpc) is 3.04. The minimum atomic E-state index is 0.713. The molecule has 1 aliphatic heterocycles. The van der Waals surface area contributed by atoms with Crippen LogP contribution in [0.1, 0.15) is 12.8 Å². The van der Waals surface area contributed by atoms with Crippen molar-refractivity contribution in [2.45, 2.75) is 12.8 Å². The second-order valence-electron chi connectivity index (χ2n) is 3.71. The molecule has 15 heavy (non-hydrogen) atoms. The van der Waals surface area contributed by atoms with Crippen LogP contribution in [0.4, 0.5) is 0 Å². The Morgan fingerprint density at radius 1 is 1.33 bits per heavy atom. The van der Waals surface area contributed by atoms with Gasteiger partial charge in [0.2, 0.25) is 5.88 Å². The van der Waals surface area contributed by atoms with Gasteiger partial charge in [-0.15, -0.1) is 0 Å². The van der Waals surface area contributed by atoms with Gasteiger partial charge in [0.1, 0.15) is 0 Å². The molecule has 1 aromatic rings. The topological polar surface area (TPSA) is 25.1 Å². The second kappa shape index (κ2) is 5.47. The molecule has 0 radical (unpaired) electrons. The van der Waals surface area contributed by atoms with Crippen molar-refractivity contribution in [3.8, 4) is 5.88 Å². The van der Waals surface area contributed by atoms with Gasteiger partial charge in [-0.1, -0.05) is 0 Å². The number of nitrogens with zero attached hydrogens (tertiary/aromatic N) is 2. The van der Waals surface area contributed by atoms with Crippen molar-refractivity contribution in [3.05, 3.63) is 22.8 Å². The fourth-order valence-electron chi connectivity index (χ4n) is 1.36. The van der Waals surface area contributed by atoms with Crippen molar-refractivity contribution in [2.24, 2.45) is 0 Å². The summed E-state index contributed by atoms with van der Waals surface area (Å²) < 4.78 is 6.50. The van der Waals surface area contributed by atoms with Gasteiger partial charge in [0.15, 0.2) is 0 Å². The Hall–Kier alpha value is -0.610. The van der Waals surface area contributed by atoms with E-state index in [0.717, 1.165) is 17.5 Å². The summed E-state index contributed by atoms with van der Waals surface area (Å²) in [6.07, 6.45) is 4.08. The van der Waals surface area contributed by atoms with E-state index in [0.29, 0.717) is 5.88 Å². The van der Waals surface area contributed by atoms with E-state index in [4.69, 9.17) is 4.74 Å². The average molecular weight is 271 g/mol. The predicted molar refractivity (Wildman–Crippen MR) is 63.1 cm³/mol. The SMILES string of the molecule is Brc1ccc(OCCCCN2CC2)nc1. The van der Waals surface area contributed by atoms with Gasteiger partial charge in [-0.25, -0.2) is 4.98 Å². The first-order chi connectivity index (χ1) is 7.34. The summed E-state index contributed by atoms with van der Waals surface area (Å²) >= 11 is 3.34. The van der Waals surface area contributed by atoms with Crippen molar-refractivity contribution in [1.82, 2.24) is 9.88 Å². The van der Waals surface area contributed by atoms with E-state index in [2.05, 4.69) is 25.8 Å². The van der Waals surface area contributed by atoms with E-state index in [1.165, 1.54) is 26.1 Å². The van der Waals surface area contributed by atoms with E-state index in [1.54, 1.807) is 6.20 Å². The van der Waals surface area contributed by atoms with Crippen LogP contribution in [-0.2, 0) is 0 Å². The van der Waals surface area contributed by atoms with Crippen LogP contribution in [0, 0.1) is 0 Å². The molecule has 0 amide bonds. The lowest BCUT2D eigenvalue weighted by Crippen LogP contribution is -2.04. The number of aromatic nitrogens is 1. The zero-order valence-corrected chi connectivity index (χ0v) is 10.2. The molecule has 0 saturated carbocycles. The molecule has 1 fully saturated rings. The fourth-order valence-corrected chi connectivity index (χ4v) is 1.59. The lowest BCUT2D eigenvalue weighted by molar-refractivity contribution is 0.291. The van der Waals surface area contributed by atoms with Crippen LogP contribution in [0.5, 0.6) is 5.88 Å². The normalized spacial score (nSPS) is 15.3. The zero-order chi connectivity index (χ0) is 10.5. The molecular formula is C11H15BrN2O. The van der Waals surface area contributed by atoms with Crippen LogP contribution < -0.4 is 4.74 Å². The predicted octanol–water partition coefficient (Wildman–Crippen LogP) is 2.32. The maximum absolute atomic E-state index is 5.51. The summed E-state index contributed by atoms with van der Waals surface area (Å²) in [5.74, 6) is 0.713. The molecule has 0 N–H and O–H groups in total. The molecule has 0 spiro atoms. The highest BCUT2D eigenvalue weighted by Crippen LogP contribution is 2.12. The highest BCUT2D eigenvalue weighted by Gasteiger charge is 2.15. The standard InChI is InChI=1S/C11H15BrN2O/c12-10-3-4-11(13-9-10)15-8-2-1-5-14-6-7-14/h3-4,9H,1-2,5-8H2. The Labute approximate surface area is 98.6 Å². The molecule has 0 aliphatic carbocycles. The molecule has 2 rings (SSSR count). The minimum Gasteiger partial charge on any atom is -0.478 e. The Balaban J connectivity index is 1.58. The summed E-state index contributed by atoms with van der Waals surface area (Å²) in [4.78, 5) is 6.57. The highest BCUT2D eigenvalue weighted by molar-refractivity contribution is 9.10. The van der Waals surface area contributed by atoms with Gasteiger partial charge >= 0.3 is 0 Å². The summed E-state index contributed by atoms with van der Waals surface area (Å²) in [6, 6.07) is 3.83. The van der Waals surface area contributed by atoms with Crippen molar-refractivity contribution in [3.63, 3.8) is 0 Å². The van der Waals surface area contributed by atoms with Gasteiger partial charge < -0.3 is 9.64 Å². The van der Waals surface area contributed by atoms with Crippen LogP contribution >= 0.6 is 15.9 Å². The molecular weight excluding hydrogens is 256 g/mol. The number of rotatable bonds is 6. The number of halogens is 1. The third-order valence-electron chi connectivity index (χ3n) is 2.36. The molecule has 2 heterocycles. The van der Waals surface area contributed by atoms with E-state index in [1.807, 2.05) is 12.1 Å². The van der Waals surface area contributed by atoms with Crippen LogP contribution in [-0.4, -0.2) is 36.1 Å². The van der Waals surface area contributed by atoms with Crippen molar-refractivity contribution in [1.29, 1.82) is 0 Å². The van der Waals surface area contributed by atoms with E-state index in [9.17, 15) is 0 Å². The Bertz CT molecular complexity index is 298. The summed E-state index contributed by atoms with van der Waals surface area (Å²) in [7, 11) is 0. The fraction of sp³-hybridized carbons (Fsp3) is 0.545. The van der Waals surface area contributed by atoms with Crippen LogP contribution in [0.25, 0.3) is 0 Å². The number of unbranched alkanes of at least 4 members (excludes halogenated alkanes) is 1. The maximum Gasteiger partial charge on any atom is 0.213 e. The van der Waals surface area contributed by atoms with Gasteiger partial charge in [-0.3, -0.25) is 0 Å². The monoisotopic (exact) mass is 270 g/mol. The smallest absolute Gasteiger partial charge is 0.213 e. The largest absolute Gasteiger partial charge is 0.478 e. The molecule has 1 aliphatic rings. The minimum absolute atomic E-state index is 0.713. The van der Waals surface area contributed by atoms with Gasteiger partial charge in [0, 0.05) is 29.8 Å². The summed E-state index contributed by atoms with van der Waals surface area (Å²) in [6.45, 7) is 4.56. The number of hydrogen-bond donors (Lipinski definition) is 0. The van der Waals surface area contributed by atoms with Gasteiger partial charge in [-0.2, -0.15) is 0 Å². The Kier molecular flexibility index (Phi) is 3.97. The zero-order valence-electron chi connectivity index (χ0n) is 8.66. The lowest BCUT2D eigenvalue weighted by Gasteiger charge is -2.05. The first-order valence-corrected chi connectivity index (χ1v) is 6.10.